The van der Waals surface area contributed by atoms with Crippen molar-refractivity contribution in [3.63, 3.8) is 0 Å². The van der Waals surface area contributed by atoms with Gasteiger partial charge in [-0.15, -0.1) is 11.3 Å². The molecule has 4 nitrogen and oxygen atoms in total. The highest BCUT2D eigenvalue weighted by atomic mass is 35.5. The normalized spacial score (nSPS) is 17.9. The van der Waals surface area contributed by atoms with Crippen molar-refractivity contribution in [2.24, 2.45) is 0 Å². The summed E-state index contributed by atoms with van der Waals surface area (Å²) in [5, 5.41) is 6.18. The molecule has 1 N–H and O–H groups in total. The second-order valence-corrected chi connectivity index (χ2v) is 6.33. The van der Waals surface area contributed by atoms with E-state index in [1.807, 2.05) is 11.4 Å². The van der Waals surface area contributed by atoms with Crippen LogP contribution in [0.3, 0.4) is 0 Å². The summed E-state index contributed by atoms with van der Waals surface area (Å²) in [5.74, 6) is -0.137. The maximum atomic E-state index is 12.0. The van der Waals surface area contributed by atoms with E-state index in [4.69, 9.17) is 27.9 Å². The molecule has 0 aliphatic carbocycles. The highest BCUT2D eigenvalue weighted by molar-refractivity contribution is 7.14. The monoisotopic (exact) mass is 342 g/mol. The van der Waals surface area contributed by atoms with Gasteiger partial charge in [-0.05, 0) is 25.0 Å². The fourth-order valence-corrected chi connectivity index (χ4v) is 3.11. The molecule has 1 saturated heterocycles. The number of carbonyl (C=O) groups excluding carboxylic acids is 1. The maximum Gasteiger partial charge on any atom is 0.255 e. The minimum absolute atomic E-state index is 0.137. The van der Waals surface area contributed by atoms with E-state index in [0.717, 1.165) is 24.1 Å². The molecule has 2 heterocycles. The fourth-order valence-electron chi connectivity index (χ4n) is 2.09. The van der Waals surface area contributed by atoms with Gasteiger partial charge in [0.2, 0.25) is 0 Å². The molecule has 110 valence electrons. The van der Waals surface area contributed by atoms with Gasteiger partial charge in [0, 0.05) is 17.6 Å². The van der Waals surface area contributed by atoms with Gasteiger partial charge in [0.25, 0.3) is 5.91 Å². The van der Waals surface area contributed by atoms with Gasteiger partial charge < -0.3 is 4.74 Å². The Labute approximate surface area is 136 Å². The summed E-state index contributed by atoms with van der Waals surface area (Å²) in [5.41, 5.74) is 1.61. The first-order valence-corrected chi connectivity index (χ1v) is 8.10. The number of aromatic nitrogens is 1. The van der Waals surface area contributed by atoms with Gasteiger partial charge in [0.15, 0.2) is 5.13 Å². The number of rotatable bonds is 3. The number of anilines is 1. The summed E-state index contributed by atoms with van der Waals surface area (Å²) in [6.45, 7) is 0.643. The molecule has 0 spiro atoms. The Hall–Kier alpha value is -1.14. The molecule has 1 aromatic heterocycles. The largest absolute Gasteiger partial charge is 0.368 e. The predicted octanol–water partition coefficient (Wildman–Crippen LogP) is 4.23. The van der Waals surface area contributed by atoms with E-state index in [2.05, 4.69) is 10.3 Å². The van der Waals surface area contributed by atoms with Crippen LogP contribution in [0.1, 0.15) is 12.8 Å². The second-order valence-electron chi connectivity index (χ2n) is 4.66. The van der Waals surface area contributed by atoms with E-state index in [1.165, 1.54) is 11.3 Å². The van der Waals surface area contributed by atoms with Crippen LogP contribution in [0.2, 0.25) is 10.0 Å². The number of nitrogens with zero attached hydrogens (tertiary/aromatic N) is 1. The van der Waals surface area contributed by atoms with E-state index in [9.17, 15) is 4.79 Å². The molecule has 3 rings (SSSR count). The van der Waals surface area contributed by atoms with Gasteiger partial charge in [0.1, 0.15) is 6.10 Å². The summed E-state index contributed by atoms with van der Waals surface area (Å²) in [7, 11) is 0. The number of benzene rings is 1. The van der Waals surface area contributed by atoms with Gasteiger partial charge in [-0.2, -0.15) is 0 Å². The lowest BCUT2D eigenvalue weighted by molar-refractivity contribution is -0.124. The van der Waals surface area contributed by atoms with Crippen LogP contribution in [0, 0.1) is 0 Å². The van der Waals surface area contributed by atoms with Crippen molar-refractivity contribution in [2.45, 2.75) is 18.9 Å². The number of carbonyl (C=O) groups is 1. The highest BCUT2D eigenvalue weighted by Gasteiger charge is 2.24. The molecule has 2 aromatic rings. The van der Waals surface area contributed by atoms with Crippen molar-refractivity contribution >= 4 is 45.6 Å². The van der Waals surface area contributed by atoms with Crippen LogP contribution < -0.4 is 5.32 Å². The van der Waals surface area contributed by atoms with Gasteiger partial charge in [-0.3, -0.25) is 10.1 Å². The molecule has 1 aliphatic rings. The second kappa shape index (κ2) is 6.32. The molecule has 1 aliphatic heterocycles. The zero-order chi connectivity index (χ0) is 14.8. The molecule has 1 unspecified atom stereocenters. The number of halogens is 2. The van der Waals surface area contributed by atoms with Crippen molar-refractivity contribution in [3.05, 3.63) is 33.6 Å². The van der Waals surface area contributed by atoms with Gasteiger partial charge >= 0.3 is 0 Å². The van der Waals surface area contributed by atoms with Crippen LogP contribution in [-0.4, -0.2) is 23.6 Å². The number of hydrogen-bond acceptors (Lipinski definition) is 4. The van der Waals surface area contributed by atoms with Crippen LogP contribution >= 0.6 is 34.5 Å². The molecule has 7 heteroatoms. The number of hydrogen-bond donors (Lipinski definition) is 1. The van der Waals surface area contributed by atoms with Crippen molar-refractivity contribution in [3.8, 4) is 11.3 Å². The van der Waals surface area contributed by atoms with E-state index >= 15 is 0 Å². The Kier molecular flexibility index (Phi) is 4.45. The minimum atomic E-state index is -0.359. The van der Waals surface area contributed by atoms with Crippen molar-refractivity contribution in [1.82, 2.24) is 4.98 Å². The standard InChI is InChI=1S/C14H12Cl2N2O2S/c15-9-4-3-8(6-10(9)16)11-7-21-14(17-11)18-13(19)12-2-1-5-20-12/h3-4,6-7,12H,1-2,5H2,(H,17,18,19). The van der Waals surface area contributed by atoms with Gasteiger partial charge in [-0.25, -0.2) is 4.98 Å². The first-order valence-electron chi connectivity index (χ1n) is 6.47. The van der Waals surface area contributed by atoms with Crippen LogP contribution in [0.15, 0.2) is 23.6 Å². The summed E-state index contributed by atoms with van der Waals surface area (Å²) >= 11 is 13.3. The lowest BCUT2D eigenvalue weighted by atomic mass is 10.2. The molecule has 1 fully saturated rings. The smallest absolute Gasteiger partial charge is 0.255 e. The van der Waals surface area contributed by atoms with Crippen molar-refractivity contribution in [1.29, 1.82) is 0 Å². The summed E-state index contributed by atoms with van der Waals surface area (Å²) < 4.78 is 5.34. The Morgan fingerprint density at radius 2 is 2.24 bits per heavy atom. The molecule has 1 aromatic carbocycles. The van der Waals surface area contributed by atoms with Gasteiger partial charge in [0.05, 0.1) is 15.7 Å². The van der Waals surface area contributed by atoms with Gasteiger partial charge in [-0.1, -0.05) is 29.3 Å². The summed E-state index contributed by atoms with van der Waals surface area (Å²) in [4.78, 5) is 16.3. The molecular formula is C14H12Cl2N2O2S. The number of thiazole rings is 1. The zero-order valence-corrected chi connectivity index (χ0v) is 13.3. The third kappa shape index (κ3) is 3.37. The number of amides is 1. The van der Waals surface area contributed by atoms with Crippen molar-refractivity contribution in [2.75, 3.05) is 11.9 Å². The Morgan fingerprint density at radius 1 is 1.38 bits per heavy atom. The maximum absolute atomic E-state index is 12.0. The first-order chi connectivity index (χ1) is 10.1. The summed E-state index contributed by atoms with van der Waals surface area (Å²) in [6, 6.07) is 5.32. The predicted molar refractivity (Wildman–Crippen MR) is 85.2 cm³/mol. The van der Waals surface area contributed by atoms with Crippen LogP contribution in [0.4, 0.5) is 5.13 Å². The lowest BCUT2D eigenvalue weighted by Gasteiger charge is -2.07. The quantitative estimate of drug-likeness (QED) is 0.907. The topological polar surface area (TPSA) is 51.2 Å². The minimum Gasteiger partial charge on any atom is -0.368 e. The average molecular weight is 343 g/mol. The summed E-state index contributed by atoms with van der Waals surface area (Å²) in [6.07, 6.45) is 1.32. The molecule has 1 atom stereocenters. The number of ether oxygens (including phenoxy) is 1. The first kappa shape index (κ1) is 14.8. The third-order valence-corrected chi connectivity index (χ3v) is 4.67. The SMILES string of the molecule is O=C(Nc1nc(-c2ccc(Cl)c(Cl)c2)cs1)C1CCCO1. The highest BCUT2D eigenvalue weighted by Crippen LogP contribution is 2.30. The van der Waals surface area contributed by atoms with Crippen LogP contribution in [-0.2, 0) is 9.53 Å². The van der Waals surface area contributed by atoms with Crippen LogP contribution in [0.25, 0.3) is 11.3 Å². The fraction of sp³-hybridized carbons (Fsp3) is 0.286. The van der Waals surface area contributed by atoms with E-state index < -0.39 is 0 Å². The Morgan fingerprint density at radius 3 is 2.95 bits per heavy atom. The van der Waals surface area contributed by atoms with Crippen molar-refractivity contribution < 1.29 is 9.53 Å². The Bertz CT molecular complexity index is 669. The third-order valence-electron chi connectivity index (χ3n) is 3.17. The molecule has 0 bridgehead atoms. The molecular weight excluding hydrogens is 331 g/mol. The lowest BCUT2D eigenvalue weighted by Crippen LogP contribution is -2.26. The van der Waals surface area contributed by atoms with E-state index in [1.54, 1.807) is 12.1 Å². The van der Waals surface area contributed by atoms with E-state index in [0.29, 0.717) is 21.8 Å². The zero-order valence-electron chi connectivity index (χ0n) is 10.9. The average Bonchev–Trinajstić information content (AvgIpc) is 3.12. The molecule has 1 amide bonds. The van der Waals surface area contributed by atoms with Crippen LogP contribution in [0.5, 0.6) is 0 Å². The van der Waals surface area contributed by atoms with E-state index in [-0.39, 0.29) is 12.0 Å². The molecule has 21 heavy (non-hydrogen) atoms. The number of nitrogens with one attached hydrogen (secondary N) is 1. The molecule has 0 saturated carbocycles. The molecule has 0 radical (unpaired) electrons. The Balaban J connectivity index is 1.73.